The van der Waals surface area contributed by atoms with E-state index in [2.05, 4.69) is 90.2 Å². The monoisotopic (exact) mass is 451 g/mol. The maximum atomic E-state index is 7.09. The van der Waals surface area contributed by atoms with Gasteiger partial charge < -0.3 is 8.84 Å². The van der Waals surface area contributed by atoms with Gasteiger partial charge in [-0.05, 0) is 37.4 Å². The van der Waals surface area contributed by atoms with Crippen molar-refractivity contribution in [1.29, 1.82) is 0 Å². The van der Waals surface area contributed by atoms with Crippen LogP contribution in [0.3, 0.4) is 0 Å². The SMILES string of the molecule is CC(C)(C)[Si](Oc1c(Br)oc2cnccc12)(c1ccccc1)c1ccccc1. The molecule has 5 heteroatoms. The first-order valence-electron chi connectivity index (χ1n) is 9.25. The number of aromatic nitrogens is 1. The molecule has 28 heavy (non-hydrogen) atoms. The number of pyridine rings is 1. The van der Waals surface area contributed by atoms with Crippen LogP contribution in [-0.4, -0.2) is 13.3 Å². The third kappa shape index (κ3) is 3.08. The van der Waals surface area contributed by atoms with Crippen molar-refractivity contribution in [2.75, 3.05) is 0 Å². The van der Waals surface area contributed by atoms with Crippen molar-refractivity contribution in [1.82, 2.24) is 4.98 Å². The van der Waals surface area contributed by atoms with Crippen LogP contribution in [0.4, 0.5) is 0 Å². The maximum Gasteiger partial charge on any atom is 0.320 e. The van der Waals surface area contributed by atoms with E-state index in [0.29, 0.717) is 10.3 Å². The average Bonchev–Trinajstić information content (AvgIpc) is 3.01. The van der Waals surface area contributed by atoms with Crippen molar-refractivity contribution >= 4 is 45.6 Å². The Morgan fingerprint density at radius 1 is 0.893 bits per heavy atom. The van der Waals surface area contributed by atoms with E-state index in [1.807, 2.05) is 18.2 Å². The molecule has 0 saturated heterocycles. The molecule has 0 unspecified atom stereocenters. The van der Waals surface area contributed by atoms with Gasteiger partial charge in [-0.15, -0.1) is 0 Å². The summed E-state index contributed by atoms with van der Waals surface area (Å²) in [5, 5.41) is 3.26. The lowest BCUT2D eigenvalue weighted by molar-refractivity contribution is 0.486. The normalized spacial score (nSPS) is 12.3. The summed E-state index contributed by atoms with van der Waals surface area (Å²) in [5.74, 6) is 0.742. The van der Waals surface area contributed by atoms with Gasteiger partial charge in [-0.25, -0.2) is 0 Å². The molecule has 2 aromatic carbocycles. The summed E-state index contributed by atoms with van der Waals surface area (Å²) in [6, 6.07) is 23.1. The molecule has 0 atom stereocenters. The molecule has 0 radical (unpaired) electrons. The summed E-state index contributed by atoms with van der Waals surface area (Å²) < 4.78 is 13.6. The summed E-state index contributed by atoms with van der Waals surface area (Å²) >= 11 is 3.58. The summed E-state index contributed by atoms with van der Waals surface area (Å²) in [4.78, 5) is 4.17. The van der Waals surface area contributed by atoms with Crippen LogP contribution in [0.15, 0.2) is 88.2 Å². The molecule has 0 N–H and O–H groups in total. The molecular formula is C23H22BrNO2Si. The van der Waals surface area contributed by atoms with E-state index >= 15 is 0 Å². The van der Waals surface area contributed by atoms with Crippen molar-refractivity contribution < 1.29 is 8.84 Å². The number of nitrogens with zero attached hydrogens (tertiary/aromatic N) is 1. The number of hydrogen-bond acceptors (Lipinski definition) is 3. The topological polar surface area (TPSA) is 35.3 Å². The number of halogens is 1. The second-order valence-electron chi connectivity index (χ2n) is 7.84. The Kier molecular flexibility index (Phi) is 4.89. The van der Waals surface area contributed by atoms with Gasteiger partial charge >= 0.3 is 8.32 Å². The van der Waals surface area contributed by atoms with E-state index < -0.39 is 8.32 Å². The zero-order chi connectivity index (χ0) is 19.8. The second kappa shape index (κ2) is 7.22. The van der Waals surface area contributed by atoms with Crippen molar-refractivity contribution in [3.63, 3.8) is 0 Å². The fourth-order valence-electron chi connectivity index (χ4n) is 3.80. The van der Waals surface area contributed by atoms with Crippen LogP contribution in [0.25, 0.3) is 11.0 Å². The molecule has 0 fully saturated rings. The Labute approximate surface area is 174 Å². The molecule has 0 aliphatic rings. The summed E-state index contributed by atoms with van der Waals surface area (Å²) in [5.41, 5.74) is 0.710. The van der Waals surface area contributed by atoms with Crippen LogP contribution in [-0.2, 0) is 0 Å². The predicted octanol–water partition coefficient (Wildman–Crippen LogP) is 5.53. The number of benzene rings is 2. The third-order valence-electron chi connectivity index (χ3n) is 5.08. The highest BCUT2D eigenvalue weighted by atomic mass is 79.9. The van der Waals surface area contributed by atoms with Gasteiger partial charge in [0.05, 0.1) is 11.6 Å². The summed E-state index contributed by atoms with van der Waals surface area (Å²) in [6.45, 7) is 6.78. The van der Waals surface area contributed by atoms with Crippen LogP contribution in [0.5, 0.6) is 5.75 Å². The minimum atomic E-state index is -2.71. The number of furan rings is 1. The Morgan fingerprint density at radius 3 is 2.00 bits per heavy atom. The molecule has 0 amide bonds. The van der Waals surface area contributed by atoms with Crippen molar-refractivity contribution in [2.45, 2.75) is 25.8 Å². The summed E-state index contributed by atoms with van der Waals surface area (Å²) in [7, 11) is -2.71. The Morgan fingerprint density at radius 2 is 1.46 bits per heavy atom. The number of fused-ring (bicyclic) bond motifs is 1. The van der Waals surface area contributed by atoms with Crippen LogP contribution < -0.4 is 14.8 Å². The average molecular weight is 452 g/mol. The lowest BCUT2D eigenvalue weighted by atomic mass is 10.2. The highest BCUT2D eigenvalue weighted by Crippen LogP contribution is 2.43. The minimum Gasteiger partial charge on any atom is -0.531 e. The first kappa shape index (κ1) is 19.0. The van der Waals surface area contributed by atoms with Gasteiger partial charge in [0, 0.05) is 6.20 Å². The van der Waals surface area contributed by atoms with Crippen molar-refractivity contribution in [3.8, 4) is 5.75 Å². The molecule has 3 nitrogen and oxygen atoms in total. The molecule has 4 aromatic rings. The van der Waals surface area contributed by atoms with Crippen LogP contribution in [0.1, 0.15) is 20.8 Å². The molecule has 0 aliphatic carbocycles. The highest BCUT2D eigenvalue weighted by molar-refractivity contribution is 9.10. The van der Waals surface area contributed by atoms with Gasteiger partial charge in [-0.3, -0.25) is 4.98 Å². The highest BCUT2D eigenvalue weighted by Gasteiger charge is 2.52. The fourth-order valence-corrected chi connectivity index (χ4v) is 8.85. The molecule has 4 rings (SSSR count). The van der Waals surface area contributed by atoms with Gasteiger partial charge in [0.1, 0.15) is 0 Å². The van der Waals surface area contributed by atoms with E-state index in [4.69, 9.17) is 8.84 Å². The molecule has 0 aliphatic heterocycles. The van der Waals surface area contributed by atoms with Gasteiger partial charge in [-0.1, -0.05) is 81.4 Å². The van der Waals surface area contributed by atoms with Gasteiger partial charge in [0.15, 0.2) is 11.3 Å². The van der Waals surface area contributed by atoms with Crippen molar-refractivity contribution in [2.24, 2.45) is 0 Å². The molecule has 2 heterocycles. The van der Waals surface area contributed by atoms with E-state index in [9.17, 15) is 0 Å². The van der Waals surface area contributed by atoms with Gasteiger partial charge in [0.2, 0.25) is 4.67 Å². The van der Waals surface area contributed by atoms with Gasteiger partial charge in [-0.2, -0.15) is 0 Å². The zero-order valence-electron chi connectivity index (χ0n) is 16.1. The van der Waals surface area contributed by atoms with Crippen LogP contribution >= 0.6 is 15.9 Å². The largest absolute Gasteiger partial charge is 0.531 e. The molecule has 142 valence electrons. The second-order valence-corrected chi connectivity index (χ2v) is 12.8. The zero-order valence-corrected chi connectivity index (χ0v) is 18.7. The summed E-state index contributed by atoms with van der Waals surface area (Å²) in [6.07, 6.45) is 3.49. The Balaban J connectivity index is 2.01. The molecule has 0 bridgehead atoms. The smallest absolute Gasteiger partial charge is 0.320 e. The lowest BCUT2D eigenvalue weighted by Crippen LogP contribution is -2.68. The quantitative estimate of drug-likeness (QED) is 0.382. The maximum absolute atomic E-state index is 7.09. The van der Waals surface area contributed by atoms with Crippen LogP contribution in [0.2, 0.25) is 5.04 Å². The molecule has 2 aromatic heterocycles. The van der Waals surface area contributed by atoms with E-state index in [-0.39, 0.29) is 5.04 Å². The minimum absolute atomic E-state index is 0.119. The standard InChI is InChI=1S/C23H22BrNO2Si/c1-23(2,3)28(17-10-6-4-7-11-17,18-12-8-5-9-13-18)27-21-19-14-15-25-16-20(19)26-22(21)24/h4-16H,1-3H3. The number of hydrogen-bond donors (Lipinski definition) is 0. The predicted molar refractivity (Wildman–Crippen MR) is 120 cm³/mol. The van der Waals surface area contributed by atoms with E-state index in [0.717, 1.165) is 11.1 Å². The van der Waals surface area contributed by atoms with Gasteiger partial charge in [0.25, 0.3) is 0 Å². The third-order valence-corrected chi connectivity index (χ3v) is 10.5. The molecule has 0 saturated carbocycles. The lowest BCUT2D eigenvalue weighted by Gasteiger charge is -2.42. The van der Waals surface area contributed by atoms with Crippen molar-refractivity contribution in [3.05, 3.63) is 83.8 Å². The first-order chi connectivity index (χ1) is 13.4. The van der Waals surface area contributed by atoms with E-state index in [1.165, 1.54) is 10.4 Å². The Hall–Kier alpha value is -2.37. The van der Waals surface area contributed by atoms with Crippen LogP contribution in [0, 0.1) is 0 Å². The molecular weight excluding hydrogens is 430 g/mol. The van der Waals surface area contributed by atoms with E-state index in [1.54, 1.807) is 12.4 Å². The molecule has 0 spiro atoms. The first-order valence-corrected chi connectivity index (χ1v) is 12.0. The number of rotatable bonds is 4. The Bertz CT molecular complexity index is 1050. The fraction of sp³-hybridized carbons (Fsp3) is 0.174.